The number of halogens is 2. The van der Waals surface area contributed by atoms with Gasteiger partial charge in [-0.15, -0.1) is 0 Å². The fourth-order valence-corrected chi connectivity index (χ4v) is 1.45. The third-order valence-corrected chi connectivity index (χ3v) is 3.03. The molecule has 1 aromatic heterocycles. The average Bonchev–Trinajstić information content (AvgIpc) is 2.27. The molecular formula is C11H17ClFN3. The van der Waals surface area contributed by atoms with Gasteiger partial charge in [-0.2, -0.15) is 0 Å². The molecule has 0 aliphatic carbocycles. The number of hydrogen-bond acceptors (Lipinski definition) is 3. The minimum absolute atomic E-state index is 0.195. The molecule has 1 rings (SSSR count). The zero-order valence-electron chi connectivity index (χ0n) is 9.56. The molecule has 0 atom stereocenters. The van der Waals surface area contributed by atoms with Crippen LogP contribution in [0.1, 0.15) is 26.7 Å². The van der Waals surface area contributed by atoms with E-state index in [0.717, 1.165) is 12.8 Å². The molecule has 1 heterocycles. The first-order valence-corrected chi connectivity index (χ1v) is 5.72. The van der Waals surface area contributed by atoms with Gasteiger partial charge >= 0.3 is 0 Å². The van der Waals surface area contributed by atoms with Crippen molar-refractivity contribution in [1.29, 1.82) is 0 Å². The summed E-state index contributed by atoms with van der Waals surface area (Å²) in [6, 6.07) is 1.23. The number of nitrogens with one attached hydrogen (secondary N) is 1. The second-order valence-electron chi connectivity index (χ2n) is 3.91. The van der Waals surface area contributed by atoms with E-state index in [-0.39, 0.29) is 16.4 Å². The first-order chi connectivity index (χ1) is 7.50. The maximum Gasteiger partial charge on any atom is 0.166 e. The highest BCUT2D eigenvalue weighted by atomic mass is 35.5. The molecule has 3 nitrogen and oxygen atoms in total. The summed E-state index contributed by atoms with van der Waals surface area (Å²) in [5.41, 5.74) is 5.76. The first kappa shape index (κ1) is 13.2. The van der Waals surface area contributed by atoms with Gasteiger partial charge in [-0.3, -0.25) is 0 Å². The molecule has 5 heteroatoms. The minimum Gasteiger partial charge on any atom is -0.366 e. The SMILES string of the molecule is CCC(N)(CC)CNc1ncc(Cl)cc1F. The summed E-state index contributed by atoms with van der Waals surface area (Å²) >= 11 is 5.61. The van der Waals surface area contributed by atoms with Crippen LogP contribution in [0.5, 0.6) is 0 Å². The largest absolute Gasteiger partial charge is 0.366 e. The Bertz CT molecular complexity index is 353. The van der Waals surface area contributed by atoms with Gasteiger partial charge in [0.15, 0.2) is 11.6 Å². The number of nitrogens with two attached hydrogens (primary N) is 1. The summed E-state index contributed by atoms with van der Waals surface area (Å²) in [5.74, 6) is -0.261. The lowest BCUT2D eigenvalue weighted by atomic mass is 9.94. The number of hydrogen-bond donors (Lipinski definition) is 2. The topological polar surface area (TPSA) is 50.9 Å². The van der Waals surface area contributed by atoms with Crippen LogP contribution in [-0.2, 0) is 0 Å². The molecule has 0 aliphatic rings. The Balaban J connectivity index is 2.67. The Kier molecular flexibility index (Phi) is 4.50. The summed E-state index contributed by atoms with van der Waals surface area (Å²) in [5, 5.41) is 3.20. The van der Waals surface area contributed by atoms with E-state index >= 15 is 0 Å². The monoisotopic (exact) mass is 245 g/mol. The van der Waals surface area contributed by atoms with Crippen LogP contribution in [0.3, 0.4) is 0 Å². The second-order valence-corrected chi connectivity index (χ2v) is 4.34. The normalized spacial score (nSPS) is 11.6. The number of rotatable bonds is 5. The van der Waals surface area contributed by atoms with Crippen molar-refractivity contribution < 1.29 is 4.39 Å². The van der Waals surface area contributed by atoms with Crippen LogP contribution in [0.25, 0.3) is 0 Å². The number of pyridine rings is 1. The van der Waals surface area contributed by atoms with Crippen LogP contribution in [0.15, 0.2) is 12.3 Å². The van der Waals surface area contributed by atoms with E-state index in [0.29, 0.717) is 6.54 Å². The van der Waals surface area contributed by atoms with E-state index in [1.165, 1.54) is 12.3 Å². The molecule has 0 saturated heterocycles. The Morgan fingerprint density at radius 1 is 1.50 bits per heavy atom. The molecule has 0 aromatic carbocycles. The van der Waals surface area contributed by atoms with Gasteiger partial charge in [-0.05, 0) is 18.9 Å². The van der Waals surface area contributed by atoms with Crippen LogP contribution < -0.4 is 11.1 Å². The first-order valence-electron chi connectivity index (χ1n) is 5.34. The molecule has 1 aromatic rings. The highest BCUT2D eigenvalue weighted by Gasteiger charge is 2.20. The van der Waals surface area contributed by atoms with E-state index < -0.39 is 5.82 Å². The van der Waals surface area contributed by atoms with Crippen molar-refractivity contribution in [2.45, 2.75) is 32.2 Å². The molecule has 0 radical (unpaired) electrons. The van der Waals surface area contributed by atoms with Crippen LogP contribution in [0, 0.1) is 5.82 Å². The Morgan fingerprint density at radius 3 is 2.62 bits per heavy atom. The van der Waals surface area contributed by atoms with E-state index in [4.69, 9.17) is 17.3 Å². The van der Waals surface area contributed by atoms with Gasteiger partial charge in [0, 0.05) is 18.3 Å². The van der Waals surface area contributed by atoms with E-state index in [1.807, 2.05) is 13.8 Å². The van der Waals surface area contributed by atoms with Crippen molar-refractivity contribution >= 4 is 17.4 Å². The Labute approximate surface area is 100 Å². The van der Waals surface area contributed by atoms with Crippen LogP contribution in [0.2, 0.25) is 5.02 Å². The Hall–Kier alpha value is -0.870. The van der Waals surface area contributed by atoms with Gasteiger partial charge in [0.05, 0.1) is 5.02 Å². The van der Waals surface area contributed by atoms with Gasteiger partial charge in [-0.25, -0.2) is 9.37 Å². The summed E-state index contributed by atoms with van der Waals surface area (Å²) < 4.78 is 13.4. The van der Waals surface area contributed by atoms with Gasteiger partial charge in [-0.1, -0.05) is 25.4 Å². The highest BCUT2D eigenvalue weighted by molar-refractivity contribution is 6.30. The molecule has 90 valence electrons. The van der Waals surface area contributed by atoms with Crippen molar-refractivity contribution in [1.82, 2.24) is 4.98 Å². The maximum absolute atomic E-state index is 13.4. The third-order valence-electron chi connectivity index (χ3n) is 2.82. The van der Waals surface area contributed by atoms with E-state index in [1.54, 1.807) is 0 Å². The van der Waals surface area contributed by atoms with Crippen LogP contribution >= 0.6 is 11.6 Å². The van der Waals surface area contributed by atoms with Crippen LogP contribution in [-0.4, -0.2) is 17.1 Å². The second kappa shape index (κ2) is 5.46. The van der Waals surface area contributed by atoms with Gasteiger partial charge in [0.2, 0.25) is 0 Å². The summed E-state index contributed by atoms with van der Waals surface area (Å²) in [6.45, 7) is 4.51. The average molecular weight is 246 g/mol. The number of nitrogens with zero attached hydrogens (tertiary/aromatic N) is 1. The molecule has 0 saturated carbocycles. The molecule has 3 N–H and O–H groups in total. The van der Waals surface area contributed by atoms with Crippen LogP contribution in [0.4, 0.5) is 10.2 Å². The Morgan fingerprint density at radius 2 is 2.12 bits per heavy atom. The maximum atomic E-state index is 13.4. The van der Waals surface area contributed by atoms with Crippen molar-refractivity contribution in [2.24, 2.45) is 5.73 Å². The predicted octanol–water partition coefficient (Wildman–Crippen LogP) is 2.80. The molecule has 0 bridgehead atoms. The molecule has 16 heavy (non-hydrogen) atoms. The molecular weight excluding hydrogens is 229 g/mol. The van der Waals surface area contributed by atoms with Crippen molar-refractivity contribution in [3.8, 4) is 0 Å². The molecule has 0 fully saturated rings. The number of aromatic nitrogens is 1. The highest BCUT2D eigenvalue weighted by Crippen LogP contribution is 2.17. The fourth-order valence-electron chi connectivity index (χ4n) is 1.30. The summed E-state index contributed by atoms with van der Waals surface area (Å²) in [4.78, 5) is 3.88. The van der Waals surface area contributed by atoms with E-state index in [2.05, 4.69) is 10.3 Å². The molecule has 0 spiro atoms. The van der Waals surface area contributed by atoms with Crippen molar-refractivity contribution in [3.63, 3.8) is 0 Å². The molecule has 0 amide bonds. The van der Waals surface area contributed by atoms with Gasteiger partial charge < -0.3 is 11.1 Å². The van der Waals surface area contributed by atoms with Gasteiger partial charge in [0.25, 0.3) is 0 Å². The van der Waals surface area contributed by atoms with Crippen molar-refractivity contribution in [2.75, 3.05) is 11.9 Å². The lowest BCUT2D eigenvalue weighted by molar-refractivity contribution is 0.417. The zero-order valence-corrected chi connectivity index (χ0v) is 10.3. The fraction of sp³-hybridized carbons (Fsp3) is 0.545. The third kappa shape index (κ3) is 3.32. The van der Waals surface area contributed by atoms with E-state index in [9.17, 15) is 4.39 Å². The number of anilines is 1. The molecule has 0 aliphatic heterocycles. The zero-order chi connectivity index (χ0) is 12.2. The smallest absolute Gasteiger partial charge is 0.166 e. The lowest BCUT2D eigenvalue weighted by Gasteiger charge is -2.27. The van der Waals surface area contributed by atoms with Gasteiger partial charge in [0.1, 0.15) is 0 Å². The van der Waals surface area contributed by atoms with Crippen molar-refractivity contribution in [3.05, 3.63) is 23.1 Å². The predicted molar refractivity (Wildman–Crippen MR) is 65.2 cm³/mol. The minimum atomic E-state index is -0.456. The molecule has 0 unspecified atom stereocenters. The quantitative estimate of drug-likeness (QED) is 0.839. The standard InChI is InChI=1S/C11H17ClFN3/c1-3-11(14,4-2)7-16-10-9(13)5-8(12)6-15-10/h5-6H,3-4,7,14H2,1-2H3,(H,15,16). The summed E-state index contributed by atoms with van der Waals surface area (Å²) in [7, 11) is 0. The summed E-state index contributed by atoms with van der Waals surface area (Å²) in [6.07, 6.45) is 3.06. The lowest BCUT2D eigenvalue weighted by Crippen LogP contribution is -2.45.